The highest BCUT2D eigenvalue weighted by Gasteiger charge is 2.33. The van der Waals surface area contributed by atoms with E-state index >= 15 is 0 Å². The van der Waals surface area contributed by atoms with Gasteiger partial charge in [0.15, 0.2) is 11.5 Å². The third kappa shape index (κ3) is 7.30. The van der Waals surface area contributed by atoms with E-state index in [0.29, 0.717) is 17.1 Å². The fraction of sp³-hybridized carbons (Fsp3) is 0.429. The number of rotatable bonds is 9. The van der Waals surface area contributed by atoms with Crippen LogP contribution in [0.25, 0.3) is 33.4 Å². The Morgan fingerprint density at radius 1 is 0.588 bits per heavy atom. The molecule has 0 aliphatic carbocycles. The lowest BCUT2D eigenvalue weighted by molar-refractivity contribution is 0.283. The molecule has 9 heteroatoms. The number of aromatic nitrogens is 6. The van der Waals surface area contributed by atoms with Crippen molar-refractivity contribution in [2.24, 2.45) is 10.8 Å². The molecule has 0 saturated heterocycles. The Morgan fingerprint density at radius 2 is 0.961 bits per heavy atom. The van der Waals surface area contributed by atoms with Gasteiger partial charge in [0.25, 0.3) is 0 Å². The van der Waals surface area contributed by atoms with Crippen LogP contribution in [0.5, 0.6) is 11.5 Å². The molecule has 0 radical (unpaired) electrons. The number of aromatic hydroxyl groups is 1. The van der Waals surface area contributed by atoms with Crippen LogP contribution in [0.1, 0.15) is 93.2 Å². The van der Waals surface area contributed by atoms with E-state index in [9.17, 15) is 5.11 Å². The molecule has 0 bridgehead atoms. The van der Waals surface area contributed by atoms with Crippen molar-refractivity contribution < 1.29 is 9.84 Å². The molecule has 0 fully saturated rings. The van der Waals surface area contributed by atoms with Crippen molar-refractivity contribution in [1.82, 2.24) is 30.0 Å². The van der Waals surface area contributed by atoms with Crippen LogP contribution in [-0.2, 0) is 10.8 Å². The van der Waals surface area contributed by atoms with Crippen molar-refractivity contribution in [1.29, 1.82) is 0 Å². The average Bonchev–Trinajstić information content (AvgIpc) is 3.66. The summed E-state index contributed by atoms with van der Waals surface area (Å²) in [5.41, 5.74) is 7.58. The number of hydrogen-bond acceptors (Lipinski definition) is 7. The quantitative estimate of drug-likeness (QED) is 0.162. The van der Waals surface area contributed by atoms with Crippen molar-refractivity contribution in [3.8, 4) is 22.9 Å². The van der Waals surface area contributed by atoms with E-state index in [-0.39, 0.29) is 27.4 Å². The number of ether oxygens (including phenoxy) is 1. The third-order valence-electron chi connectivity index (χ3n) is 9.56. The van der Waals surface area contributed by atoms with Gasteiger partial charge in [0.1, 0.15) is 33.4 Å². The number of phenols is 1. The zero-order valence-corrected chi connectivity index (χ0v) is 32.3. The summed E-state index contributed by atoms with van der Waals surface area (Å²) in [6, 6.07) is 24.1. The van der Waals surface area contributed by atoms with E-state index in [2.05, 4.69) is 87.4 Å². The molecule has 0 unspecified atom stereocenters. The summed E-state index contributed by atoms with van der Waals surface area (Å²) in [6.07, 6.45) is 1.86. The minimum absolute atomic E-state index is 0.0671. The molecule has 0 amide bonds. The van der Waals surface area contributed by atoms with Crippen LogP contribution in [0.2, 0.25) is 0 Å². The van der Waals surface area contributed by atoms with Gasteiger partial charge in [0, 0.05) is 7.05 Å². The van der Waals surface area contributed by atoms with E-state index in [1.807, 2.05) is 66.5 Å². The molecule has 0 atom stereocenters. The molecule has 2 heterocycles. The van der Waals surface area contributed by atoms with Crippen molar-refractivity contribution in [2.45, 2.75) is 92.9 Å². The van der Waals surface area contributed by atoms with E-state index < -0.39 is 0 Å². The van der Waals surface area contributed by atoms with Crippen LogP contribution < -0.4 is 9.64 Å². The molecule has 6 aromatic rings. The second-order valence-corrected chi connectivity index (χ2v) is 17.7. The number of benzene rings is 4. The lowest BCUT2D eigenvalue weighted by Crippen LogP contribution is -2.26. The highest BCUT2D eigenvalue weighted by molar-refractivity contribution is 5.81. The fourth-order valence-corrected chi connectivity index (χ4v) is 7.92. The number of nitrogens with zero attached hydrogens (tertiary/aromatic N) is 7. The van der Waals surface area contributed by atoms with Gasteiger partial charge in [0.2, 0.25) is 0 Å². The SMILES string of the molecule is COc1c(N(C)c2cc(C(C)(C)CC(C)(C)C)cc(-n3nc4ccccc4n3)c2O)cc(C(C)(C)CC(C)(C)C)cc1-n1nc2ccccc2n1. The Balaban J connectivity index is 1.62. The minimum Gasteiger partial charge on any atom is -0.504 e. The molecule has 268 valence electrons. The standard InChI is InChI=1S/C42H53N7O2/c1-39(2,3)25-41(7,8)27-21-33(37(50)34(22-27)48-43-29-17-13-14-18-30(29)44-48)47(11)35-23-28(42(9,10)26-40(4,5)6)24-36(38(35)51-12)49-45-31-19-15-16-20-32(31)46-49/h13-24,50H,25-26H2,1-12H3. The van der Waals surface area contributed by atoms with Crippen molar-refractivity contribution in [3.63, 3.8) is 0 Å². The number of phenolic OH excluding ortho intramolecular Hbond substituents is 1. The first-order valence-corrected chi connectivity index (χ1v) is 17.8. The van der Waals surface area contributed by atoms with Gasteiger partial charge in [-0.15, -0.1) is 30.0 Å². The van der Waals surface area contributed by atoms with Gasteiger partial charge in [-0.1, -0.05) is 93.5 Å². The highest BCUT2D eigenvalue weighted by atomic mass is 16.5. The summed E-state index contributed by atoms with van der Waals surface area (Å²) >= 11 is 0. The minimum atomic E-state index is -0.242. The molecule has 0 aliphatic rings. The van der Waals surface area contributed by atoms with Gasteiger partial charge < -0.3 is 14.7 Å². The smallest absolute Gasteiger partial charge is 0.169 e. The molecule has 0 saturated carbocycles. The predicted octanol–water partition coefficient (Wildman–Crippen LogP) is 10.1. The lowest BCUT2D eigenvalue weighted by atomic mass is 9.72. The maximum atomic E-state index is 12.2. The molecule has 1 N–H and O–H groups in total. The molecule has 2 aromatic heterocycles. The molecular weight excluding hydrogens is 635 g/mol. The Labute approximate surface area is 302 Å². The first-order valence-electron chi connectivity index (χ1n) is 17.8. The lowest BCUT2D eigenvalue weighted by Gasteiger charge is -2.35. The Bertz CT molecular complexity index is 2150. The van der Waals surface area contributed by atoms with Gasteiger partial charge in [0.05, 0.1) is 18.5 Å². The summed E-state index contributed by atoms with van der Waals surface area (Å²) in [7, 11) is 3.65. The van der Waals surface area contributed by atoms with Gasteiger partial charge in [-0.05, 0) is 94.2 Å². The van der Waals surface area contributed by atoms with Gasteiger partial charge in [-0.2, -0.15) is 0 Å². The van der Waals surface area contributed by atoms with Crippen LogP contribution in [0.3, 0.4) is 0 Å². The molecule has 4 aromatic carbocycles. The number of methoxy groups -OCH3 is 1. The molecule has 0 spiro atoms. The van der Waals surface area contributed by atoms with E-state index in [4.69, 9.17) is 25.1 Å². The molecule has 0 aliphatic heterocycles. The summed E-state index contributed by atoms with van der Waals surface area (Å²) in [6.45, 7) is 22.7. The summed E-state index contributed by atoms with van der Waals surface area (Å²) < 4.78 is 6.24. The van der Waals surface area contributed by atoms with Gasteiger partial charge in [-0.25, -0.2) is 0 Å². The van der Waals surface area contributed by atoms with Crippen LogP contribution in [0, 0.1) is 10.8 Å². The van der Waals surface area contributed by atoms with Crippen molar-refractivity contribution >= 4 is 33.4 Å². The van der Waals surface area contributed by atoms with E-state index in [1.54, 1.807) is 16.7 Å². The summed E-state index contributed by atoms with van der Waals surface area (Å²) in [4.78, 5) is 5.24. The largest absolute Gasteiger partial charge is 0.504 e. The Hall–Kier alpha value is -4.92. The Morgan fingerprint density at radius 3 is 1.35 bits per heavy atom. The molecule has 51 heavy (non-hydrogen) atoms. The van der Waals surface area contributed by atoms with Gasteiger partial charge >= 0.3 is 0 Å². The van der Waals surface area contributed by atoms with Crippen LogP contribution in [0.4, 0.5) is 11.4 Å². The monoisotopic (exact) mass is 687 g/mol. The van der Waals surface area contributed by atoms with Crippen molar-refractivity contribution in [3.05, 3.63) is 83.9 Å². The summed E-state index contributed by atoms with van der Waals surface area (Å²) in [5.74, 6) is 0.662. The second-order valence-electron chi connectivity index (χ2n) is 17.7. The van der Waals surface area contributed by atoms with Crippen LogP contribution in [-0.4, -0.2) is 49.3 Å². The van der Waals surface area contributed by atoms with Crippen LogP contribution in [0.15, 0.2) is 72.8 Å². The molecule has 6 rings (SSSR count). The average molecular weight is 688 g/mol. The zero-order valence-electron chi connectivity index (χ0n) is 32.3. The highest BCUT2D eigenvalue weighted by Crippen LogP contribution is 2.48. The first-order chi connectivity index (χ1) is 23.8. The first kappa shape index (κ1) is 35.9. The normalized spacial score (nSPS) is 12.9. The second kappa shape index (κ2) is 12.7. The van der Waals surface area contributed by atoms with Gasteiger partial charge in [-0.3, -0.25) is 0 Å². The van der Waals surface area contributed by atoms with E-state index in [1.165, 1.54) is 0 Å². The third-order valence-corrected chi connectivity index (χ3v) is 9.56. The predicted molar refractivity (Wildman–Crippen MR) is 208 cm³/mol. The molecular formula is C42H53N7O2. The molecule has 9 nitrogen and oxygen atoms in total. The zero-order chi connectivity index (χ0) is 37.1. The van der Waals surface area contributed by atoms with Crippen molar-refractivity contribution in [2.75, 3.05) is 19.1 Å². The number of hydrogen-bond donors (Lipinski definition) is 1. The maximum Gasteiger partial charge on any atom is 0.169 e. The fourth-order valence-electron chi connectivity index (χ4n) is 7.92. The Kier molecular flexibility index (Phi) is 8.93. The number of anilines is 2. The summed E-state index contributed by atoms with van der Waals surface area (Å²) in [5, 5.41) is 31.6. The number of fused-ring (bicyclic) bond motifs is 2. The maximum absolute atomic E-state index is 12.2. The van der Waals surface area contributed by atoms with E-state index in [0.717, 1.165) is 57.4 Å². The topological polar surface area (TPSA) is 94.1 Å². The van der Waals surface area contributed by atoms with Crippen LogP contribution >= 0.6 is 0 Å².